The molecule has 2 unspecified atom stereocenters. The Balaban J connectivity index is 1.76. The van der Waals surface area contributed by atoms with Crippen molar-refractivity contribution < 1.29 is 13.5 Å². The topological polar surface area (TPSA) is 71.3 Å². The maximum Gasteiger partial charge on any atom is 0.242 e. The number of aromatic nitrogens is 1. The second-order valence-corrected chi connectivity index (χ2v) is 7.56. The monoisotopic (exact) mass is 284 g/mol. The molecule has 1 aromatic rings. The largest absolute Gasteiger partial charge is 0.390 e. The van der Waals surface area contributed by atoms with Gasteiger partial charge in [0.15, 0.2) is 0 Å². The summed E-state index contributed by atoms with van der Waals surface area (Å²) in [6.07, 6.45) is 4.89. The van der Waals surface area contributed by atoms with Gasteiger partial charge >= 0.3 is 0 Å². The average Bonchev–Trinajstić information content (AvgIpc) is 3.28. The highest BCUT2D eigenvalue weighted by Crippen LogP contribution is 2.38. The molecular formula is C13H20N2O3S. The van der Waals surface area contributed by atoms with Crippen molar-refractivity contribution in [1.82, 2.24) is 9.29 Å². The first-order valence-electron chi connectivity index (χ1n) is 6.82. The lowest BCUT2D eigenvalue weighted by atomic mass is 10.3. The van der Waals surface area contributed by atoms with E-state index in [2.05, 4.69) is 11.6 Å². The smallest absolute Gasteiger partial charge is 0.242 e. The Labute approximate surface area is 113 Å². The van der Waals surface area contributed by atoms with Crippen LogP contribution in [0.3, 0.4) is 0 Å². The molecule has 1 heterocycles. The van der Waals surface area contributed by atoms with Crippen molar-refractivity contribution in [3.05, 3.63) is 18.0 Å². The van der Waals surface area contributed by atoms with Gasteiger partial charge in [-0.3, -0.25) is 0 Å². The standard InChI is InChI=1S/C13H20N2O3S/c1-9-4-10(9)6-14-19(17,18)13-5-12(8-16)15(7-13)11-2-3-11/h5,7,9-11,14,16H,2-4,6,8H2,1H3. The zero-order valence-electron chi connectivity index (χ0n) is 11.0. The van der Waals surface area contributed by atoms with E-state index >= 15 is 0 Å². The predicted molar refractivity (Wildman–Crippen MR) is 71.1 cm³/mol. The first-order valence-corrected chi connectivity index (χ1v) is 8.31. The molecule has 0 aliphatic heterocycles. The molecule has 2 fully saturated rings. The van der Waals surface area contributed by atoms with Gasteiger partial charge < -0.3 is 9.67 Å². The number of hydrogen-bond acceptors (Lipinski definition) is 3. The molecule has 2 N–H and O–H groups in total. The van der Waals surface area contributed by atoms with Crippen LogP contribution in [0.5, 0.6) is 0 Å². The Morgan fingerprint density at radius 1 is 1.47 bits per heavy atom. The molecule has 2 aliphatic carbocycles. The number of sulfonamides is 1. The summed E-state index contributed by atoms with van der Waals surface area (Å²) >= 11 is 0. The number of aliphatic hydroxyl groups is 1. The van der Waals surface area contributed by atoms with Crippen LogP contribution >= 0.6 is 0 Å². The maximum atomic E-state index is 12.2. The summed E-state index contributed by atoms with van der Waals surface area (Å²) in [7, 11) is -3.44. The van der Waals surface area contributed by atoms with Gasteiger partial charge in [-0.15, -0.1) is 0 Å². The third-order valence-electron chi connectivity index (χ3n) is 4.13. The molecule has 2 atom stereocenters. The molecule has 2 saturated carbocycles. The van der Waals surface area contributed by atoms with Crippen molar-refractivity contribution in [3.8, 4) is 0 Å². The molecule has 0 amide bonds. The summed E-state index contributed by atoms with van der Waals surface area (Å²) in [5.74, 6) is 1.12. The van der Waals surface area contributed by atoms with E-state index in [1.807, 2.05) is 4.57 Å². The second-order valence-electron chi connectivity index (χ2n) is 5.79. The highest BCUT2D eigenvalue weighted by atomic mass is 32.2. The zero-order valence-corrected chi connectivity index (χ0v) is 11.9. The minimum absolute atomic E-state index is 0.119. The minimum Gasteiger partial charge on any atom is -0.390 e. The molecular weight excluding hydrogens is 264 g/mol. The maximum absolute atomic E-state index is 12.2. The van der Waals surface area contributed by atoms with Crippen molar-refractivity contribution >= 4 is 10.0 Å². The van der Waals surface area contributed by atoms with Crippen molar-refractivity contribution in [2.24, 2.45) is 11.8 Å². The Kier molecular flexibility index (Phi) is 3.19. The fourth-order valence-electron chi connectivity index (χ4n) is 2.45. The van der Waals surface area contributed by atoms with Crippen molar-refractivity contribution in [2.75, 3.05) is 6.54 Å². The molecule has 0 radical (unpaired) electrons. The van der Waals surface area contributed by atoms with E-state index in [0.717, 1.165) is 19.3 Å². The summed E-state index contributed by atoms with van der Waals surface area (Å²) in [6, 6.07) is 1.95. The lowest BCUT2D eigenvalue weighted by Gasteiger charge is -2.04. The van der Waals surface area contributed by atoms with E-state index in [1.54, 1.807) is 12.3 Å². The average molecular weight is 284 g/mol. The van der Waals surface area contributed by atoms with Crippen molar-refractivity contribution in [1.29, 1.82) is 0 Å². The van der Waals surface area contributed by atoms with Crippen LogP contribution in [0.2, 0.25) is 0 Å². The number of rotatable bonds is 6. The van der Waals surface area contributed by atoms with Gasteiger partial charge in [-0.1, -0.05) is 6.92 Å². The number of nitrogens with one attached hydrogen (secondary N) is 1. The van der Waals surface area contributed by atoms with Gasteiger partial charge in [-0.05, 0) is 37.2 Å². The van der Waals surface area contributed by atoms with Crippen LogP contribution in [0, 0.1) is 11.8 Å². The molecule has 106 valence electrons. The Morgan fingerprint density at radius 3 is 2.68 bits per heavy atom. The summed E-state index contributed by atoms with van der Waals surface area (Å²) < 4.78 is 28.9. The SMILES string of the molecule is CC1CC1CNS(=O)(=O)c1cc(CO)n(C2CC2)c1. The number of hydrogen-bond donors (Lipinski definition) is 2. The van der Waals surface area contributed by atoms with Crippen LogP contribution in [-0.4, -0.2) is 24.6 Å². The molecule has 2 aliphatic rings. The molecule has 0 bridgehead atoms. The Morgan fingerprint density at radius 2 is 2.16 bits per heavy atom. The van der Waals surface area contributed by atoms with Gasteiger partial charge in [-0.25, -0.2) is 13.1 Å². The Hall–Kier alpha value is -0.850. The normalized spacial score (nSPS) is 26.6. The fourth-order valence-corrected chi connectivity index (χ4v) is 3.59. The molecule has 0 spiro atoms. The first kappa shape index (κ1) is 13.1. The molecule has 1 aromatic heterocycles. The molecule has 6 heteroatoms. The highest BCUT2D eigenvalue weighted by molar-refractivity contribution is 7.89. The van der Waals surface area contributed by atoms with Gasteiger partial charge in [-0.2, -0.15) is 0 Å². The Bertz CT molecular complexity index is 575. The fraction of sp³-hybridized carbons (Fsp3) is 0.692. The van der Waals surface area contributed by atoms with E-state index < -0.39 is 10.0 Å². The predicted octanol–water partition coefficient (Wildman–Crippen LogP) is 1.25. The third kappa shape index (κ3) is 2.70. The third-order valence-corrected chi connectivity index (χ3v) is 5.52. The molecule has 0 aromatic carbocycles. The van der Waals surface area contributed by atoms with Crippen LogP contribution in [0.15, 0.2) is 17.2 Å². The summed E-state index contributed by atoms with van der Waals surface area (Å²) in [4.78, 5) is 0.275. The van der Waals surface area contributed by atoms with Crippen LogP contribution in [0.1, 0.15) is 37.9 Å². The number of aliphatic hydroxyl groups excluding tert-OH is 1. The van der Waals surface area contributed by atoms with Crippen LogP contribution in [0.25, 0.3) is 0 Å². The van der Waals surface area contributed by atoms with Gasteiger partial charge in [0.1, 0.15) is 0 Å². The van der Waals surface area contributed by atoms with E-state index in [9.17, 15) is 13.5 Å². The van der Waals surface area contributed by atoms with Gasteiger partial charge in [0.05, 0.1) is 11.5 Å². The molecule has 19 heavy (non-hydrogen) atoms. The lowest BCUT2D eigenvalue weighted by Crippen LogP contribution is -2.25. The summed E-state index contributed by atoms with van der Waals surface area (Å²) in [5.41, 5.74) is 0.683. The van der Waals surface area contributed by atoms with Crippen LogP contribution in [0.4, 0.5) is 0 Å². The quantitative estimate of drug-likeness (QED) is 0.826. The second kappa shape index (κ2) is 4.61. The van der Waals surface area contributed by atoms with Crippen LogP contribution < -0.4 is 4.72 Å². The van der Waals surface area contributed by atoms with E-state index in [-0.39, 0.29) is 11.5 Å². The van der Waals surface area contributed by atoms with Crippen molar-refractivity contribution in [2.45, 2.75) is 43.7 Å². The molecule has 0 saturated heterocycles. The van der Waals surface area contributed by atoms with Gasteiger partial charge in [0, 0.05) is 24.5 Å². The summed E-state index contributed by atoms with van der Waals surface area (Å²) in [6.45, 7) is 2.53. The zero-order chi connectivity index (χ0) is 13.6. The summed E-state index contributed by atoms with van der Waals surface area (Å²) in [5, 5.41) is 9.30. The van der Waals surface area contributed by atoms with E-state index in [0.29, 0.717) is 30.1 Å². The molecule has 5 nitrogen and oxygen atoms in total. The van der Waals surface area contributed by atoms with E-state index in [4.69, 9.17) is 0 Å². The highest BCUT2D eigenvalue weighted by Gasteiger charge is 2.34. The van der Waals surface area contributed by atoms with E-state index in [1.165, 1.54) is 0 Å². The van der Waals surface area contributed by atoms with Gasteiger partial charge in [0.2, 0.25) is 10.0 Å². The van der Waals surface area contributed by atoms with Gasteiger partial charge in [0.25, 0.3) is 0 Å². The van der Waals surface area contributed by atoms with Crippen molar-refractivity contribution in [3.63, 3.8) is 0 Å². The minimum atomic E-state index is -3.44. The first-order chi connectivity index (χ1) is 9.01. The number of nitrogens with zero attached hydrogens (tertiary/aromatic N) is 1. The molecule has 3 rings (SSSR count). The van der Waals surface area contributed by atoms with Crippen LogP contribution in [-0.2, 0) is 16.6 Å². The lowest BCUT2D eigenvalue weighted by molar-refractivity contribution is 0.270.